The summed E-state index contributed by atoms with van der Waals surface area (Å²) in [5.74, 6) is 2.05. The third-order valence-corrected chi connectivity index (χ3v) is 5.97. The Morgan fingerprint density at radius 1 is 0.774 bits per heavy atom. The van der Waals surface area contributed by atoms with E-state index in [0.29, 0.717) is 11.7 Å². The number of rotatable bonds is 4. The Morgan fingerprint density at radius 2 is 1.55 bits per heavy atom. The minimum absolute atomic E-state index is 0.484. The number of pyridine rings is 1. The minimum atomic E-state index is 0.484. The van der Waals surface area contributed by atoms with Crippen molar-refractivity contribution < 1.29 is 4.52 Å². The summed E-state index contributed by atoms with van der Waals surface area (Å²) in [5, 5.41) is 4.10. The van der Waals surface area contributed by atoms with Crippen LogP contribution in [0.15, 0.2) is 71.4 Å². The zero-order chi connectivity index (χ0) is 21.2. The van der Waals surface area contributed by atoms with Gasteiger partial charge in [0.1, 0.15) is 5.82 Å². The van der Waals surface area contributed by atoms with Gasteiger partial charge in [0.15, 0.2) is 0 Å². The number of anilines is 2. The van der Waals surface area contributed by atoms with E-state index in [1.165, 1.54) is 16.8 Å². The maximum Gasteiger partial charge on any atom is 0.259 e. The molecular weight excluding hydrogens is 386 g/mol. The van der Waals surface area contributed by atoms with Crippen LogP contribution in [0.5, 0.6) is 0 Å². The van der Waals surface area contributed by atoms with Crippen LogP contribution in [0.1, 0.15) is 11.1 Å². The highest BCUT2D eigenvalue weighted by molar-refractivity contribution is 5.61. The first-order valence-corrected chi connectivity index (χ1v) is 10.6. The summed E-state index contributed by atoms with van der Waals surface area (Å²) >= 11 is 0. The van der Waals surface area contributed by atoms with Gasteiger partial charge in [-0.15, -0.1) is 0 Å². The number of benzene rings is 2. The first-order valence-electron chi connectivity index (χ1n) is 10.6. The number of hydrogen-bond acceptors (Lipinski definition) is 6. The van der Waals surface area contributed by atoms with Crippen LogP contribution in [0.4, 0.5) is 11.5 Å². The maximum atomic E-state index is 5.45. The van der Waals surface area contributed by atoms with Crippen molar-refractivity contribution >= 4 is 11.5 Å². The van der Waals surface area contributed by atoms with Crippen LogP contribution in [-0.2, 0) is 0 Å². The Balaban J connectivity index is 1.26. The van der Waals surface area contributed by atoms with E-state index >= 15 is 0 Å². The Hall–Kier alpha value is -3.67. The van der Waals surface area contributed by atoms with Crippen LogP contribution in [0.3, 0.4) is 0 Å². The molecule has 1 aliphatic heterocycles. The molecule has 5 rings (SSSR count). The van der Waals surface area contributed by atoms with Gasteiger partial charge in [-0.1, -0.05) is 47.6 Å². The van der Waals surface area contributed by atoms with E-state index in [1.54, 1.807) is 0 Å². The SMILES string of the molecule is Cc1cccc(N2CCN(c3ccc(-c4nc(-c5ccccc5)no4)cn3)CC2)c1C. The van der Waals surface area contributed by atoms with Crippen LogP contribution in [0.25, 0.3) is 22.8 Å². The van der Waals surface area contributed by atoms with Crippen molar-refractivity contribution in [2.45, 2.75) is 13.8 Å². The third-order valence-electron chi connectivity index (χ3n) is 5.97. The topological polar surface area (TPSA) is 58.3 Å². The molecule has 6 heteroatoms. The first-order chi connectivity index (χ1) is 15.2. The summed E-state index contributed by atoms with van der Waals surface area (Å²) in [5.41, 5.74) is 5.81. The average Bonchev–Trinajstić information content (AvgIpc) is 3.32. The Kier molecular flexibility index (Phi) is 5.12. The summed E-state index contributed by atoms with van der Waals surface area (Å²) in [7, 11) is 0. The molecule has 1 fully saturated rings. The van der Waals surface area contributed by atoms with Crippen LogP contribution in [-0.4, -0.2) is 41.3 Å². The molecule has 2 aromatic carbocycles. The molecule has 0 bridgehead atoms. The zero-order valence-electron chi connectivity index (χ0n) is 17.8. The quantitative estimate of drug-likeness (QED) is 0.483. The monoisotopic (exact) mass is 411 g/mol. The van der Waals surface area contributed by atoms with E-state index in [4.69, 9.17) is 4.52 Å². The van der Waals surface area contributed by atoms with E-state index in [1.807, 2.05) is 48.7 Å². The smallest absolute Gasteiger partial charge is 0.259 e. The summed E-state index contributed by atoms with van der Waals surface area (Å²) in [6, 6.07) is 20.4. The molecule has 0 aliphatic carbocycles. The van der Waals surface area contributed by atoms with Crippen molar-refractivity contribution in [1.82, 2.24) is 15.1 Å². The molecule has 0 atom stereocenters. The summed E-state index contributed by atoms with van der Waals surface area (Å²) < 4.78 is 5.45. The Morgan fingerprint density at radius 3 is 2.29 bits per heavy atom. The van der Waals surface area contributed by atoms with Gasteiger partial charge in [-0.2, -0.15) is 4.98 Å². The number of aromatic nitrogens is 3. The molecule has 0 spiro atoms. The fourth-order valence-electron chi connectivity index (χ4n) is 4.00. The lowest BCUT2D eigenvalue weighted by Crippen LogP contribution is -2.47. The molecule has 31 heavy (non-hydrogen) atoms. The Bertz CT molecular complexity index is 1160. The van der Waals surface area contributed by atoms with Crippen molar-refractivity contribution in [3.05, 3.63) is 78.0 Å². The lowest BCUT2D eigenvalue weighted by molar-refractivity contribution is 0.432. The highest BCUT2D eigenvalue weighted by Gasteiger charge is 2.20. The van der Waals surface area contributed by atoms with E-state index in [2.05, 4.69) is 57.0 Å². The largest absolute Gasteiger partial charge is 0.368 e. The molecule has 156 valence electrons. The fraction of sp³-hybridized carbons (Fsp3) is 0.240. The lowest BCUT2D eigenvalue weighted by atomic mass is 10.1. The number of aryl methyl sites for hydroxylation is 1. The normalized spacial score (nSPS) is 14.1. The molecule has 1 saturated heterocycles. The Labute approximate surface area is 182 Å². The summed E-state index contributed by atoms with van der Waals surface area (Å²) in [6.45, 7) is 8.23. The minimum Gasteiger partial charge on any atom is -0.368 e. The van der Waals surface area contributed by atoms with E-state index in [0.717, 1.165) is 43.1 Å². The van der Waals surface area contributed by atoms with E-state index < -0.39 is 0 Å². The molecule has 1 aliphatic rings. The van der Waals surface area contributed by atoms with E-state index in [9.17, 15) is 0 Å². The molecule has 4 aromatic rings. The fourth-order valence-corrected chi connectivity index (χ4v) is 4.00. The average molecular weight is 412 g/mol. The van der Waals surface area contributed by atoms with Crippen LogP contribution >= 0.6 is 0 Å². The van der Waals surface area contributed by atoms with Crippen molar-refractivity contribution in [2.24, 2.45) is 0 Å². The van der Waals surface area contributed by atoms with Crippen molar-refractivity contribution in [3.63, 3.8) is 0 Å². The summed E-state index contributed by atoms with van der Waals surface area (Å²) in [6.07, 6.45) is 1.81. The van der Waals surface area contributed by atoms with Crippen LogP contribution < -0.4 is 9.80 Å². The lowest BCUT2D eigenvalue weighted by Gasteiger charge is -2.37. The van der Waals surface area contributed by atoms with Crippen LogP contribution in [0.2, 0.25) is 0 Å². The molecule has 0 amide bonds. The molecule has 0 radical (unpaired) electrons. The second kappa shape index (κ2) is 8.22. The molecule has 0 unspecified atom stereocenters. The highest BCUT2D eigenvalue weighted by atomic mass is 16.5. The second-order valence-corrected chi connectivity index (χ2v) is 7.89. The van der Waals surface area contributed by atoms with Crippen molar-refractivity contribution in [3.8, 4) is 22.8 Å². The predicted molar refractivity (Wildman–Crippen MR) is 123 cm³/mol. The molecule has 0 saturated carbocycles. The van der Waals surface area contributed by atoms with Crippen LogP contribution in [0, 0.1) is 13.8 Å². The van der Waals surface area contributed by atoms with Gasteiger partial charge in [0.25, 0.3) is 5.89 Å². The standard InChI is InChI=1S/C25H25N5O/c1-18-7-6-10-22(19(18)2)29-13-15-30(16-14-29)23-12-11-21(17-26-23)25-27-24(28-31-25)20-8-4-3-5-9-20/h3-12,17H,13-16H2,1-2H3. The molecule has 0 N–H and O–H groups in total. The first kappa shape index (κ1) is 19.3. The van der Waals surface area contributed by atoms with Gasteiger partial charge in [-0.05, 0) is 43.2 Å². The van der Waals surface area contributed by atoms with E-state index in [-0.39, 0.29) is 0 Å². The van der Waals surface area contributed by atoms with Gasteiger partial charge in [0, 0.05) is 43.6 Å². The van der Waals surface area contributed by atoms with Gasteiger partial charge in [0.05, 0.1) is 5.56 Å². The zero-order valence-corrected chi connectivity index (χ0v) is 17.8. The van der Waals surface area contributed by atoms with Gasteiger partial charge in [-0.3, -0.25) is 0 Å². The second-order valence-electron chi connectivity index (χ2n) is 7.89. The molecule has 3 heterocycles. The molecule has 6 nitrogen and oxygen atoms in total. The molecule has 2 aromatic heterocycles. The maximum absolute atomic E-state index is 5.45. The van der Waals surface area contributed by atoms with Gasteiger partial charge >= 0.3 is 0 Å². The van der Waals surface area contributed by atoms with Crippen molar-refractivity contribution in [2.75, 3.05) is 36.0 Å². The van der Waals surface area contributed by atoms with Gasteiger partial charge in [0.2, 0.25) is 5.82 Å². The van der Waals surface area contributed by atoms with Gasteiger partial charge in [-0.25, -0.2) is 4.98 Å². The van der Waals surface area contributed by atoms with Gasteiger partial charge < -0.3 is 14.3 Å². The number of hydrogen-bond donors (Lipinski definition) is 0. The number of piperazine rings is 1. The summed E-state index contributed by atoms with van der Waals surface area (Å²) in [4.78, 5) is 14.0. The molecular formula is C25H25N5O. The third kappa shape index (κ3) is 3.89. The van der Waals surface area contributed by atoms with Crippen molar-refractivity contribution in [1.29, 1.82) is 0 Å². The number of nitrogens with zero attached hydrogens (tertiary/aromatic N) is 5. The highest BCUT2D eigenvalue weighted by Crippen LogP contribution is 2.26. The predicted octanol–water partition coefficient (Wildman–Crippen LogP) is 4.74.